The number of rotatable bonds is 4. The van der Waals surface area contributed by atoms with Gasteiger partial charge in [0.2, 0.25) is 0 Å². The molecule has 1 aliphatic heterocycles. The summed E-state index contributed by atoms with van der Waals surface area (Å²) in [6, 6.07) is 12.2. The van der Waals surface area contributed by atoms with E-state index in [-0.39, 0.29) is 12.3 Å². The first-order valence-electron chi connectivity index (χ1n) is 9.50. The fourth-order valence-electron chi connectivity index (χ4n) is 3.93. The highest BCUT2D eigenvalue weighted by molar-refractivity contribution is 6.31. The third-order valence-electron chi connectivity index (χ3n) is 5.50. The van der Waals surface area contributed by atoms with Crippen molar-refractivity contribution in [3.63, 3.8) is 0 Å². The minimum Gasteiger partial charge on any atom is -0.481 e. The second kappa shape index (κ2) is 7.76. The van der Waals surface area contributed by atoms with Crippen molar-refractivity contribution < 1.29 is 9.90 Å². The van der Waals surface area contributed by atoms with E-state index in [2.05, 4.69) is 27.0 Å². The van der Waals surface area contributed by atoms with Crippen LogP contribution in [0.3, 0.4) is 0 Å². The topological polar surface area (TPSA) is 66.3 Å². The molecule has 2 heterocycles. The number of aromatic nitrogens is 2. The zero-order chi connectivity index (χ0) is 19.7. The SMILES string of the molecule is Cc1ccc(-c2cccc3ncnc(N4CCC(CC(=O)O)CC4)c23)cc1Cl. The normalized spacial score (nSPS) is 15.1. The van der Waals surface area contributed by atoms with Gasteiger partial charge in [-0.1, -0.05) is 35.9 Å². The summed E-state index contributed by atoms with van der Waals surface area (Å²) in [5.74, 6) is 0.424. The number of halogens is 1. The summed E-state index contributed by atoms with van der Waals surface area (Å²) in [6.45, 7) is 3.59. The van der Waals surface area contributed by atoms with E-state index < -0.39 is 5.97 Å². The van der Waals surface area contributed by atoms with Gasteiger partial charge in [-0.05, 0) is 54.5 Å². The van der Waals surface area contributed by atoms with E-state index in [4.69, 9.17) is 16.7 Å². The fourth-order valence-corrected chi connectivity index (χ4v) is 4.11. The minimum absolute atomic E-state index is 0.234. The Morgan fingerprint density at radius 1 is 1.21 bits per heavy atom. The number of carboxylic acid groups (broad SMARTS) is 1. The molecule has 6 heteroatoms. The van der Waals surface area contributed by atoms with Crippen LogP contribution in [0.15, 0.2) is 42.7 Å². The molecule has 0 unspecified atom stereocenters. The van der Waals surface area contributed by atoms with Gasteiger partial charge >= 0.3 is 5.97 Å². The van der Waals surface area contributed by atoms with Gasteiger partial charge in [-0.25, -0.2) is 9.97 Å². The van der Waals surface area contributed by atoms with Crippen LogP contribution < -0.4 is 4.90 Å². The van der Waals surface area contributed by atoms with Crippen LogP contribution in [0.1, 0.15) is 24.8 Å². The quantitative estimate of drug-likeness (QED) is 0.677. The van der Waals surface area contributed by atoms with E-state index in [0.29, 0.717) is 0 Å². The number of hydrogen-bond donors (Lipinski definition) is 1. The Morgan fingerprint density at radius 2 is 2.00 bits per heavy atom. The van der Waals surface area contributed by atoms with E-state index in [0.717, 1.165) is 64.4 Å². The molecular formula is C22H22ClN3O2. The molecule has 3 aromatic rings. The molecule has 5 nitrogen and oxygen atoms in total. The average molecular weight is 396 g/mol. The van der Waals surface area contributed by atoms with Crippen LogP contribution in [-0.2, 0) is 4.79 Å². The number of hydrogen-bond acceptors (Lipinski definition) is 4. The van der Waals surface area contributed by atoms with Crippen molar-refractivity contribution in [1.29, 1.82) is 0 Å². The summed E-state index contributed by atoms with van der Waals surface area (Å²) >= 11 is 6.37. The monoisotopic (exact) mass is 395 g/mol. The molecule has 28 heavy (non-hydrogen) atoms. The number of benzene rings is 2. The summed E-state index contributed by atoms with van der Waals surface area (Å²) in [5, 5.41) is 10.8. The zero-order valence-electron chi connectivity index (χ0n) is 15.7. The summed E-state index contributed by atoms with van der Waals surface area (Å²) in [4.78, 5) is 22.3. The Kier molecular flexibility index (Phi) is 5.18. The van der Waals surface area contributed by atoms with E-state index >= 15 is 0 Å². The van der Waals surface area contributed by atoms with Crippen LogP contribution in [-0.4, -0.2) is 34.1 Å². The van der Waals surface area contributed by atoms with Gasteiger partial charge < -0.3 is 10.0 Å². The Labute approximate surface area is 169 Å². The molecule has 0 amide bonds. The molecule has 144 valence electrons. The van der Waals surface area contributed by atoms with Gasteiger partial charge in [0, 0.05) is 24.5 Å². The van der Waals surface area contributed by atoms with Gasteiger partial charge in [0.15, 0.2) is 0 Å². The summed E-state index contributed by atoms with van der Waals surface area (Å²) in [5.41, 5.74) is 4.04. The Balaban J connectivity index is 1.74. The highest BCUT2D eigenvalue weighted by atomic mass is 35.5. The summed E-state index contributed by atoms with van der Waals surface area (Å²) < 4.78 is 0. The lowest BCUT2D eigenvalue weighted by Gasteiger charge is -2.33. The smallest absolute Gasteiger partial charge is 0.303 e. The minimum atomic E-state index is -0.718. The highest BCUT2D eigenvalue weighted by Gasteiger charge is 2.24. The van der Waals surface area contributed by atoms with Crippen molar-refractivity contribution in [2.24, 2.45) is 5.92 Å². The molecule has 4 rings (SSSR count). The number of fused-ring (bicyclic) bond motifs is 1. The molecule has 0 aliphatic carbocycles. The van der Waals surface area contributed by atoms with E-state index in [1.165, 1.54) is 0 Å². The fraction of sp³-hybridized carbons (Fsp3) is 0.318. The number of aliphatic carboxylic acids is 1. The van der Waals surface area contributed by atoms with Crippen LogP contribution in [0.4, 0.5) is 5.82 Å². The predicted molar refractivity (Wildman–Crippen MR) is 112 cm³/mol. The van der Waals surface area contributed by atoms with Gasteiger partial charge in [0.05, 0.1) is 10.9 Å². The van der Waals surface area contributed by atoms with Crippen molar-refractivity contribution in [2.45, 2.75) is 26.2 Å². The molecule has 1 N–H and O–H groups in total. The molecule has 0 bridgehead atoms. The van der Waals surface area contributed by atoms with Crippen LogP contribution in [0, 0.1) is 12.8 Å². The summed E-state index contributed by atoms with van der Waals surface area (Å²) in [7, 11) is 0. The lowest BCUT2D eigenvalue weighted by molar-refractivity contribution is -0.138. The van der Waals surface area contributed by atoms with Crippen molar-refractivity contribution in [3.8, 4) is 11.1 Å². The van der Waals surface area contributed by atoms with Crippen molar-refractivity contribution in [1.82, 2.24) is 9.97 Å². The largest absolute Gasteiger partial charge is 0.481 e. The van der Waals surface area contributed by atoms with Crippen molar-refractivity contribution in [2.75, 3.05) is 18.0 Å². The van der Waals surface area contributed by atoms with Gasteiger partial charge in [-0.2, -0.15) is 0 Å². The van der Waals surface area contributed by atoms with Crippen molar-refractivity contribution in [3.05, 3.63) is 53.3 Å². The summed E-state index contributed by atoms with van der Waals surface area (Å²) in [6.07, 6.45) is 3.56. The average Bonchev–Trinajstić information content (AvgIpc) is 2.69. The number of carbonyl (C=O) groups is 1. The second-order valence-electron chi connectivity index (χ2n) is 7.39. The molecule has 0 saturated carbocycles. The maximum Gasteiger partial charge on any atom is 0.303 e. The molecule has 1 fully saturated rings. The molecule has 0 radical (unpaired) electrons. The maximum absolute atomic E-state index is 11.0. The molecule has 0 atom stereocenters. The van der Waals surface area contributed by atoms with E-state index in [1.807, 2.05) is 31.2 Å². The maximum atomic E-state index is 11.0. The molecule has 1 aromatic heterocycles. The van der Waals surface area contributed by atoms with Gasteiger partial charge in [-0.15, -0.1) is 0 Å². The Morgan fingerprint density at radius 3 is 2.71 bits per heavy atom. The first-order chi connectivity index (χ1) is 13.5. The first kappa shape index (κ1) is 18.7. The van der Waals surface area contributed by atoms with Crippen LogP contribution in [0.25, 0.3) is 22.0 Å². The van der Waals surface area contributed by atoms with Gasteiger partial charge in [-0.3, -0.25) is 4.79 Å². The van der Waals surface area contributed by atoms with Crippen LogP contribution >= 0.6 is 11.6 Å². The first-order valence-corrected chi connectivity index (χ1v) is 9.87. The van der Waals surface area contributed by atoms with Crippen LogP contribution in [0.5, 0.6) is 0 Å². The Bertz CT molecular complexity index is 1020. The predicted octanol–water partition coefficient (Wildman–Crippen LogP) is 4.95. The molecule has 1 saturated heterocycles. The third-order valence-corrected chi connectivity index (χ3v) is 5.91. The second-order valence-corrected chi connectivity index (χ2v) is 7.80. The van der Waals surface area contributed by atoms with Gasteiger partial charge in [0.1, 0.15) is 12.1 Å². The number of anilines is 1. The molecule has 2 aromatic carbocycles. The number of piperidine rings is 1. The Hall–Kier alpha value is -2.66. The third kappa shape index (κ3) is 3.67. The lowest BCUT2D eigenvalue weighted by atomic mass is 9.93. The van der Waals surface area contributed by atoms with E-state index in [1.54, 1.807) is 6.33 Å². The number of carboxylic acids is 1. The molecular weight excluding hydrogens is 374 g/mol. The molecule has 0 spiro atoms. The standard InChI is InChI=1S/C22H22ClN3O2/c1-14-5-6-16(12-18(14)23)17-3-2-4-19-21(17)22(25-13-24-19)26-9-7-15(8-10-26)11-20(27)28/h2-6,12-13,15H,7-11H2,1H3,(H,27,28). The van der Waals surface area contributed by atoms with Crippen molar-refractivity contribution >= 4 is 34.3 Å². The van der Waals surface area contributed by atoms with Crippen LogP contribution in [0.2, 0.25) is 5.02 Å². The van der Waals surface area contributed by atoms with Gasteiger partial charge in [0.25, 0.3) is 0 Å². The highest BCUT2D eigenvalue weighted by Crippen LogP contribution is 2.36. The zero-order valence-corrected chi connectivity index (χ0v) is 16.5. The molecule has 1 aliphatic rings. The number of nitrogens with zero attached hydrogens (tertiary/aromatic N) is 3. The van der Waals surface area contributed by atoms with E-state index in [9.17, 15) is 4.79 Å². The lowest BCUT2D eigenvalue weighted by Crippen LogP contribution is -2.35. The number of aryl methyl sites for hydroxylation is 1.